The van der Waals surface area contributed by atoms with E-state index in [9.17, 15) is 19.5 Å². The number of amides is 2. The summed E-state index contributed by atoms with van der Waals surface area (Å²) in [5.41, 5.74) is 0.706. The number of hydrogen-bond acceptors (Lipinski definition) is 4. The first-order valence-electron chi connectivity index (χ1n) is 5.15. The summed E-state index contributed by atoms with van der Waals surface area (Å²) < 4.78 is 0. The number of carbonyl (C=O) groups is 3. The second kappa shape index (κ2) is 6.55. The number of rotatable bonds is 4. The minimum absolute atomic E-state index is 0.303. The molecule has 0 saturated carbocycles. The van der Waals surface area contributed by atoms with Gasteiger partial charge in [0.15, 0.2) is 0 Å². The first-order chi connectivity index (χ1) is 8.88. The second-order valence-corrected chi connectivity index (χ2v) is 3.92. The Balaban J connectivity index is 2.82. The molecule has 0 fully saturated rings. The molecule has 2 N–H and O–H groups in total. The fourth-order valence-corrected chi connectivity index (χ4v) is 1.38. The zero-order valence-corrected chi connectivity index (χ0v) is 10.7. The largest absolute Gasteiger partial charge is 0.545 e. The Labute approximate surface area is 114 Å². The van der Waals surface area contributed by atoms with Gasteiger partial charge in [0.05, 0.1) is 16.7 Å². The van der Waals surface area contributed by atoms with Crippen molar-refractivity contribution in [3.05, 3.63) is 35.4 Å². The molecule has 0 aliphatic heterocycles. The van der Waals surface area contributed by atoms with Crippen molar-refractivity contribution in [3.63, 3.8) is 0 Å². The molecule has 0 spiro atoms. The van der Waals surface area contributed by atoms with Gasteiger partial charge in [-0.1, -0.05) is 11.6 Å². The number of carboxylic acids is 1. The number of benzene rings is 1. The van der Waals surface area contributed by atoms with Crippen LogP contribution in [-0.4, -0.2) is 17.8 Å². The van der Waals surface area contributed by atoms with Crippen LogP contribution in [0.5, 0.6) is 0 Å². The summed E-state index contributed by atoms with van der Waals surface area (Å²) in [6, 6.07) is 4.46. The molecule has 2 amide bonds. The van der Waals surface area contributed by atoms with E-state index in [0.717, 1.165) is 6.08 Å². The van der Waals surface area contributed by atoms with Crippen LogP contribution >= 0.6 is 11.6 Å². The Morgan fingerprint density at radius 2 is 1.89 bits per heavy atom. The number of carboxylic acid groups (broad SMARTS) is 1. The van der Waals surface area contributed by atoms with Crippen molar-refractivity contribution in [2.24, 2.45) is 0 Å². The smallest absolute Gasteiger partial charge is 0.248 e. The molecule has 1 rings (SSSR count). The molecule has 0 aromatic heterocycles. The summed E-state index contributed by atoms with van der Waals surface area (Å²) in [7, 11) is 0. The number of halogens is 1. The molecule has 1 aromatic rings. The van der Waals surface area contributed by atoms with E-state index in [1.165, 1.54) is 25.1 Å². The van der Waals surface area contributed by atoms with Gasteiger partial charge in [-0.15, -0.1) is 0 Å². The SMILES string of the molecule is CC(=O)Nc1cc(NC(=O)/C=C\C(=O)[O-])ccc1Cl. The normalized spacial score (nSPS) is 10.2. The minimum atomic E-state index is -1.47. The Hall–Kier alpha value is -2.34. The molecule has 0 aliphatic carbocycles. The highest BCUT2D eigenvalue weighted by molar-refractivity contribution is 6.33. The van der Waals surface area contributed by atoms with E-state index < -0.39 is 11.9 Å². The molecule has 0 saturated heterocycles. The maximum atomic E-state index is 11.3. The maximum absolute atomic E-state index is 11.3. The molecule has 0 aliphatic rings. The Morgan fingerprint density at radius 3 is 2.47 bits per heavy atom. The average Bonchev–Trinajstić information content (AvgIpc) is 2.30. The summed E-state index contributed by atoms with van der Waals surface area (Å²) in [6.45, 7) is 1.32. The molecule has 19 heavy (non-hydrogen) atoms. The molecule has 100 valence electrons. The summed E-state index contributed by atoms with van der Waals surface area (Å²) in [4.78, 5) is 32.4. The van der Waals surface area contributed by atoms with Crippen LogP contribution in [0.3, 0.4) is 0 Å². The lowest BCUT2D eigenvalue weighted by Gasteiger charge is -2.08. The van der Waals surface area contributed by atoms with Gasteiger partial charge in [0, 0.05) is 18.7 Å². The lowest BCUT2D eigenvalue weighted by atomic mass is 10.2. The van der Waals surface area contributed by atoms with Gasteiger partial charge in [-0.05, 0) is 24.3 Å². The van der Waals surface area contributed by atoms with Crippen LogP contribution in [0.1, 0.15) is 6.92 Å². The third-order valence-electron chi connectivity index (χ3n) is 1.92. The average molecular weight is 282 g/mol. The molecule has 0 unspecified atom stereocenters. The zero-order chi connectivity index (χ0) is 14.4. The van der Waals surface area contributed by atoms with Crippen molar-refractivity contribution >= 4 is 40.8 Å². The van der Waals surface area contributed by atoms with Gasteiger partial charge in [0.25, 0.3) is 0 Å². The van der Waals surface area contributed by atoms with Gasteiger partial charge < -0.3 is 20.5 Å². The number of hydrogen-bond donors (Lipinski definition) is 2. The molecule has 0 bridgehead atoms. The van der Waals surface area contributed by atoms with Crippen molar-refractivity contribution in [3.8, 4) is 0 Å². The maximum Gasteiger partial charge on any atom is 0.248 e. The molecule has 0 atom stereocenters. The molecular weight excluding hydrogens is 272 g/mol. The number of nitrogens with one attached hydrogen (secondary N) is 2. The van der Waals surface area contributed by atoms with Crippen molar-refractivity contribution < 1.29 is 19.5 Å². The van der Waals surface area contributed by atoms with E-state index in [1.807, 2.05) is 0 Å². The van der Waals surface area contributed by atoms with E-state index >= 15 is 0 Å². The van der Waals surface area contributed by atoms with Crippen molar-refractivity contribution in [2.45, 2.75) is 6.92 Å². The molecular formula is C12H10ClN2O4-. The van der Waals surface area contributed by atoms with E-state index in [1.54, 1.807) is 0 Å². The van der Waals surface area contributed by atoms with Crippen LogP contribution in [0, 0.1) is 0 Å². The topological polar surface area (TPSA) is 98.3 Å². The lowest BCUT2D eigenvalue weighted by molar-refractivity contribution is -0.297. The first-order valence-corrected chi connectivity index (χ1v) is 5.53. The van der Waals surface area contributed by atoms with Crippen molar-refractivity contribution in [1.82, 2.24) is 0 Å². The van der Waals surface area contributed by atoms with Gasteiger partial charge in [-0.3, -0.25) is 9.59 Å². The van der Waals surface area contributed by atoms with Gasteiger partial charge >= 0.3 is 0 Å². The third-order valence-corrected chi connectivity index (χ3v) is 2.24. The molecule has 1 aromatic carbocycles. The molecule has 0 heterocycles. The fourth-order valence-electron chi connectivity index (χ4n) is 1.22. The monoisotopic (exact) mass is 281 g/mol. The van der Waals surface area contributed by atoms with Crippen molar-refractivity contribution in [2.75, 3.05) is 10.6 Å². The highest BCUT2D eigenvalue weighted by atomic mass is 35.5. The predicted molar refractivity (Wildman–Crippen MR) is 68.5 cm³/mol. The molecule has 7 heteroatoms. The van der Waals surface area contributed by atoms with Crippen LogP contribution in [0.2, 0.25) is 5.02 Å². The summed E-state index contributed by atoms with van der Waals surface area (Å²) in [5.74, 6) is -2.41. The van der Waals surface area contributed by atoms with Gasteiger partial charge in [-0.2, -0.15) is 0 Å². The van der Waals surface area contributed by atoms with E-state index in [0.29, 0.717) is 22.5 Å². The number of carbonyl (C=O) groups excluding carboxylic acids is 3. The zero-order valence-electron chi connectivity index (χ0n) is 9.90. The highest BCUT2D eigenvalue weighted by Gasteiger charge is 2.05. The van der Waals surface area contributed by atoms with Crippen molar-refractivity contribution in [1.29, 1.82) is 0 Å². The number of aliphatic carboxylic acids is 1. The Morgan fingerprint density at radius 1 is 1.21 bits per heavy atom. The van der Waals surface area contributed by atoms with E-state index in [-0.39, 0.29) is 5.91 Å². The Bertz CT molecular complexity index is 555. The van der Waals surface area contributed by atoms with Crippen LogP contribution in [0.4, 0.5) is 11.4 Å². The minimum Gasteiger partial charge on any atom is -0.545 e. The van der Waals surface area contributed by atoms with Gasteiger partial charge in [-0.25, -0.2) is 0 Å². The number of anilines is 2. The van der Waals surface area contributed by atoms with E-state index in [4.69, 9.17) is 11.6 Å². The lowest BCUT2D eigenvalue weighted by Crippen LogP contribution is -2.20. The summed E-state index contributed by atoms with van der Waals surface area (Å²) >= 11 is 5.85. The van der Waals surface area contributed by atoms with Crippen LogP contribution in [0.15, 0.2) is 30.4 Å². The fraction of sp³-hybridized carbons (Fsp3) is 0.0833. The van der Waals surface area contributed by atoms with E-state index in [2.05, 4.69) is 10.6 Å². The van der Waals surface area contributed by atoms with Crippen LogP contribution in [0.25, 0.3) is 0 Å². The third kappa shape index (κ3) is 5.22. The molecule has 0 radical (unpaired) electrons. The summed E-state index contributed by atoms with van der Waals surface area (Å²) in [5, 5.41) is 15.4. The Kier molecular flexibility index (Phi) is 5.08. The second-order valence-electron chi connectivity index (χ2n) is 3.52. The van der Waals surface area contributed by atoms with Gasteiger partial charge in [0.1, 0.15) is 0 Å². The predicted octanol–water partition coefficient (Wildman–Crippen LogP) is 0.543. The van der Waals surface area contributed by atoms with Gasteiger partial charge in [0.2, 0.25) is 11.8 Å². The quantitative estimate of drug-likeness (QED) is 0.787. The highest BCUT2D eigenvalue weighted by Crippen LogP contribution is 2.25. The first kappa shape index (κ1) is 14.7. The van der Waals surface area contributed by atoms with Crippen LogP contribution < -0.4 is 15.7 Å². The van der Waals surface area contributed by atoms with Crippen LogP contribution in [-0.2, 0) is 14.4 Å². The molecule has 6 nitrogen and oxygen atoms in total. The summed E-state index contributed by atoms with van der Waals surface area (Å²) in [6.07, 6.45) is 1.43. The standard InChI is InChI=1S/C12H11ClN2O4/c1-7(16)14-10-6-8(2-3-9(10)13)15-11(17)4-5-12(18)19/h2-6H,1H3,(H,14,16)(H,15,17)(H,18,19)/p-1/b5-4-.